The zero-order valence-electron chi connectivity index (χ0n) is 18.1. The lowest BCUT2D eigenvalue weighted by Gasteiger charge is -2.43. The summed E-state index contributed by atoms with van der Waals surface area (Å²) in [6, 6.07) is 42.2. The number of nitrogens with zero attached hydrogens (tertiary/aromatic N) is 1. The second-order valence-corrected chi connectivity index (χ2v) is 11.9. The maximum atomic E-state index is 13.5. The van der Waals surface area contributed by atoms with Gasteiger partial charge in [0.25, 0.3) is 0 Å². The molecule has 2 nitrogen and oxygen atoms in total. The Balaban J connectivity index is 1.85. The minimum absolute atomic E-state index is 0.256. The molecule has 156 valence electrons. The molecule has 3 heteroatoms. The largest absolute Gasteiger partial charge is 0.348 e. The van der Waals surface area contributed by atoms with Crippen LogP contribution in [0.3, 0.4) is 0 Å². The number of benzene rings is 4. The summed E-state index contributed by atoms with van der Waals surface area (Å²) in [5, 5.41) is 4.70. The number of anilines is 1. The Hall–Kier alpha value is -3.69. The molecule has 0 spiro atoms. The van der Waals surface area contributed by atoms with E-state index in [1.165, 1.54) is 15.6 Å². The Kier molecular flexibility index (Phi) is 5.34. The summed E-state index contributed by atoms with van der Waals surface area (Å²) < 4.78 is 0. The molecule has 0 aromatic heterocycles. The molecule has 0 N–H and O–H groups in total. The molecular formula is C29H25NOSi. The number of Topliss-reactive ketones (excluding diaryl/α,β-unsaturated/α-hetero) is 1. The van der Waals surface area contributed by atoms with Crippen LogP contribution in [-0.4, -0.2) is 20.9 Å². The summed E-state index contributed by atoms with van der Waals surface area (Å²) in [6.07, 6.45) is 0.474. The van der Waals surface area contributed by atoms with Gasteiger partial charge in [-0.1, -0.05) is 109 Å². The number of carbonyl (C=O) groups excluding carboxylic acids is 1. The number of para-hydroxylation sites is 1. The fourth-order valence-corrected chi connectivity index (χ4v) is 10.0. The van der Waals surface area contributed by atoms with Crippen molar-refractivity contribution >= 4 is 35.1 Å². The van der Waals surface area contributed by atoms with E-state index in [1.54, 1.807) is 0 Å². The number of ketones is 1. The second-order valence-electron chi connectivity index (χ2n) is 8.16. The van der Waals surface area contributed by atoms with E-state index in [2.05, 4.69) is 96.9 Å². The Morgan fingerprint density at radius 1 is 0.594 bits per heavy atom. The molecule has 1 aliphatic rings. The van der Waals surface area contributed by atoms with Gasteiger partial charge in [-0.05, 0) is 27.7 Å². The number of hydrogen-bond donors (Lipinski definition) is 0. The van der Waals surface area contributed by atoms with Gasteiger partial charge in [-0.25, -0.2) is 0 Å². The SMILES string of the molecule is CN(C1=C([Si](c2ccccc2)(c2ccccc2)c2ccccc2)C(=O)C1)c1ccccc1. The number of allylic oxidation sites excluding steroid dienone is 2. The van der Waals surface area contributed by atoms with E-state index in [9.17, 15) is 4.79 Å². The molecule has 0 fully saturated rings. The Morgan fingerprint density at radius 3 is 1.34 bits per heavy atom. The molecule has 1 aliphatic carbocycles. The molecule has 0 unspecified atom stereocenters. The molecule has 5 rings (SSSR count). The van der Waals surface area contributed by atoms with Gasteiger partial charge < -0.3 is 4.90 Å². The third-order valence-corrected chi connectivity index (χ3v) is 11.4. The Bertz CT molecular complexity index is 1160. The highest BCUT2D eigenvalue weighted by Crippen LogP contribution is 2.36. The van der Waals surface area contributed by atoms with E-state index in [-0.39, 0.29) is 5.78 Å². The minimum atomic E-state index is -2.77. The maximum Gasteiger partial charge on any atom is 0.186 e. The van der Waals surface area contributed by atoms with Crippen LogP contribution in [0.1, 0.15) is 6.42 Å². The van der Waals surface area contributed by atoms with Crippen molar-refractivity contribution < 1.29 is 4.79 Å². The minimum Gasteiger partial charge on any atom is -0.348 e. The standard InChI is InChI=1S/C29H25NOSi/c1-30(23-14-6-2-7-15-23)27-22-28(31)29(27)32(24-16-8-3-9-17-24,25-18-10-4-11-19-25)26-20-12-5-13-21-26/h2-21H,22H2,1H3. The van der Waals surface area contributed by atoms with Gasteiger partial charge in [0.15, 0.2) is 13.9 Å². The highest BCUT2D eigenvalue weighted by Gasteiger charge is 2.51. The Labute approximate surface area is 190 Å². The zero-order valence-corrected chi connectivity index (χ0v) is 19.1. The lowest BCUT2D eigenvalue weighted by atomic mass is 10.0. The molecule has 0 heterocycles. The fourth-order valence-electron chi connectivity index (χ4n) is 4.90. The Morgan fingerprint density at radius 2 is 0.969 bits per heavy atom. The predicted octanol–water partition coefficient (Wildman–Crippen LogP) is 4.06. The highest BCUT2D eigenvalue weighted by molar-refractivity contribution is 7.18. The van der Waals surface area contributed by atoms with Gasteiger partial charge in [0.05, 0.1) is 6.42 Å². The van der Waals surface area contributed by atoms with Crippen LogP contribution in [0.2, 0.25) is 0 Å². The van der Waals surface area contributed by atoms with E-state index >= 15 is 0 Å². The van der Waals surface area contributed by atoms with Gasteiger partial charge in [0, 0.05) is 23.6 Å². The topological polar surface area (TPSA) is 20.3 Å². The summed E-state index contributed by atoms with van der Waals surface area (Å²) in [5.41, 5.74) is 2.23. The fraction of sp³-hybridized carbons (Fsp3) is 0.0690. The average molecular weight is 432 g/mol. The quantitative estimate of drug-likeness (QED) is 0.339. The van der Waals surface area contributed by atoms with Crippen LogP contribution in [0.4, 0.5) is 5.69 Å². The molecule has 4 aromatic rings. The molecule has 0 saturated heterocycles. The van der Waals surface area contributed by atoms with Gasteiger partial charge in [-0.15, -0.1) is 0 Å². The number of hydrogen-bond acceptors (Lipinski definition) is 2. The third kappa shape index (κ3) is 3.22. The van der Waals surface area contributed by atoms with E-state index in [4.69, 9.17) is 0 Å². The number of carbonyl (C=O) groups is 1. The van der Waals surface area contributed by atoms with Crippen molar-refractivity contribution in [2.75, 3.05) is 11.9 Å². The molecule has 4 aromatic carbocycles. The van der Waals surface area contributed by atoms with Gasteiger partial charge in [0.2, 0.25) is 0 Å². The van der Waals surface area contributed by atoms with Crippen LogP contribution in [0, 0.1) is 0 Å². The van der Waals surface area contributed by atoms with Crippen LogP contribution in [0.5, 0.6) is 0 Å². The normalized spacial score (nSPS) is 13.6. The highest BCUT2D eigenvalue weighted by atomic mass is 28.3. The molecule has 0 amide bonds. The van der Waals surface area contributed by atoms with E-state index in [0.717, 1.165) is 16.6 Å². The summed E-state index contributed by atoms with van der Waals surface area (Å²) in [7, 11) is -0.693. The molecular weight excluding hydrogens is 406 g/mol. The van der Waals surface area contributed by atoms with Crippen LogP contribution >= 0.6 is 0 Å². The third-order valence-electron chi connectivity index (χ3n) is 6.44. The van der Waals surface area contributed by atoms with Crippen LogP contribution in [0.15, 0.2) is 132 Å². The van der Waals surface area contributed by atoms with Gasteiger partial charge in [0.1, 0.15) is 0 Å². The average Bonchev–Trinajstić information content (AvgIpc) is 2.87. The van der Waals surface area contributed by atoms with Crippen molar-refractivity contribution in [2.24, 2.45) is 0 Å². The molecule has 0 aliphatic heterocycles. The zero-order chi connectivity index (χ0) is 22.0. The summed E-state index contributed by atoms with van der Waals surface area (Å²) in [6.45, 7) is 0. The van der Waals surface area contributed by atoms with Gasteiger partial charge in [-0.3, -0.25) is 4.79 Å². The monoisotopic (exact) mass is 431 g/mol. The van der Waals surface area contributed by atoms with Crippen molar-refractivity contribution in [3.05, 3.63) is 132 Å². The first-order chi connectivity index (χ1) is 15.7. The first kappa shape index (κ1) is 20.2. The van der Waals surface area contributed by atoms with Gasteiger partial charge in [-0.2, -0.15) is 0 Å². The molecule has 0 atom stereocenters. The summed E-state index contributed by atoms with van der Waals surface area (Å²) >= 11 is 0. The molecule has 0 bridgehead atoms. The van der Waals surface area contributed by atoms with E-state index in [1.807, 2.05) is 36.4 Å². The first-order valence-corrected chi connectivity index (χ1v) is 12.9. The first-order valence-electron chi connectivity index (χ1n) is 10.9. The van der Waals surface area contributed by atoms with Crippen molar-refractivity contribution in [1.29, 1.82) is 0 Å². The predicted molar refractivity (Wildman–Crippen MR) is 135 cm³/mol. The van der Waals surface area contributed by atoms with Crippen molar-refractivity contribution in [3.63, 3.8) is 0 Å². The lowest BCUT2D eigenvalue weighted by Crippen LogP contribution is -2.71. The molecule has 32 heavy (non-hydrogen) atoms. The smallest absolute Gasteiger partial charge is 0.186 e. The van der Waals surface area contributed by atoms with Crippen LogP contribution in [-0.2, 0) is 4.79 Å². The maximum absolute atomic E-state index is 13.5. The summed E-state index contributed by atoms with van der Waals surface area (Å²) in [4.78, 5) is 15.7. The summed E-state index contributed by atoms with van der Waals surface area (Å²) in [5.74, 6) is 0.256. The van der Waals surface area contributed by atoms with Crippen molar-refractivity contribution in [3.8, 4) is 0 Å². The van der Waals surface area contributed by atoms with Gasteiger partial charge >= 0.3 is 0 Å². The van der Waals surface area contributed by atoms with Crippen molar-refractivity contribution in [1.82, 2.24) is 0 Å². The molecule has 0 radical (unpaired) electrons. The van der Waals surface area contributed by atoms with E-state index in [0.29, 0.717) is 6.42 Å². The lowest BCUT2D eigenvalue weighted by molar-refractivity contribution is -0.116. The second kappa shape index (κ2) is 8.44. The van der Waals surface area contributed by atoms with E-state index < -0.39 is 8.07 Å². The molecule has 0 saturated carbocycles. The van der Waals surface area contributed by atoms with Crippen LogP contribution < -0.4 is 20.5 Å². The van der Waals surface area contributed by atoms with Crippen LogP contribution in [0.25, 0.3) is 0 Å². The van der Waals surface area contributed by atoms with Crippen molar-refractivity contribution in [2.45, 2.75) is 6.42 Å². The number of rotatable bonds is 6.